The van der Waals surface area contributed by atoms with Crippen molar-refractivity contribution in [2.75, 3.05) is 39.8 Å². The van der Waals surface area contributed by atoms with E-state index >= 15 is 0 Å². The minimum atomic E-state index is 0.644. The summed E-state index contributed by atoms with van der Waals surface area (Å²) in [4.78, 5) is 4.78. The fourth-order valence-electron chi connectivity index (χ4n) is 2.36. The Morgan fingerprint density at radius 2 is 2.00 bits per heavy atom. The normalized spacial score (nSPS) is 16.9. The molecule has 1 aliphatic heterocycles. The number of benzene rings is 1. The summed E-state index contributed by atoms with van der Waals surface area (Å²) in [6.07, 6.45) is 0.952. The van der Waals surface area contributed by atoms with Gasteiger partial charge in [-0.3, -0.25) is 4.90 Å². The third-order valence-electron chi connectivity index (χ3n) is 3.63. The van der Waals surface area contributed by atoms with Gasteiger partial charge in [0.05, 0.1) is 12.2 Å². The van der Waals surface area contributed by atoms with Crippen molar-refractivity contribution >= 4 is 0 Å². The third-order valence-corrected chi connectivity index (χ3v) is 3.63. The van der Waals surface area contributed by atoms with Crippen molar-refractivity contribution in [2.24, 2.45) is 0 Å². The minimum absolute atomic E-state index is 0.644. The van der Waals surface area contributed by atoms with Crippen molar-refractivity contribution in [2.45, 2.75) is 19.9 Å². The van der Waals surface area contributed by atoms with Crippen molar-refractivity contribution in [3.63, 3.8) is 0 Å². The quantitative estimate of drug-likeness (QED) is 0.823. The average molecular weight is 273 g/mol. The summed E-state index contributed by atoms with van der Waals surface area (Å²) in [7, 11) is 2.16. The second-order valence-corrected chi connectivity index (χ2v) is 5.37. The van der Waals surface area contributed by atoms with Gasteiger partial charge in [-0.05, 0) is 31.2 Å². The molecule has 1 aliphatic rings. The Balaban J connectivity index is 2.00. The summed E-state index contributed by atoms with van der Waals surface area (Å²) < 4.78 is 5.59. The highest BCUT2D eigenvalue weighted by molar-refractivity contribution is 5.45. The maximum atomic E-state index is 9.23. The fourth-order valence-corrected chi connectivity index (χ4v) is 2.36. The summed E-state index contributed by atoms with van der Waals surface area (Å²) in [5.41, 5.74) is 1.83. The van der Waals surface area contributed by atoms with Gasteiger partial charge in [-0.2, -0.15) is 5.26 Å². The Morgan fingerprint density at radius 1 is 1.25 bits per heavy atom. The molecule has 4 heteroatoms. The first-order valence-electron chi connectivity index (χ1n) is 7.29. The van der Waals surface area contributed by atoms with Gasteiger partial charge in [0.2, 0.25) is 0 Å². The molecule has 0 radical (unpaired) electrons. The highest BCUT2D eigenvalue weighted by Crippen LogP contribution is 2.20. The minimum Gasteiger partial charge on any atom is -0.492 e. The molecule has 0 bridgehead atoms. The van der Waals surface area contributed by atoms with E-state index in [9.17, 15) is 5.26 Å². The molecule has 0 amide bonds. The van der Waals surface area contributed by atoms with Crippen LogP contribution in [0, 0.1) is 11.3 Å². The molecule has 0 aliphatic carbocycles. The van der Waals surface area contributed by atoms with Gasteiger partial charge in [0.1, 0.15) is 11.8 Å². The van der Waals surface area contributed by atoms with Crippen molar-refractivity contribution in [1.82, 2.24) is 9.80 Å². The Morgan fingerprint density at radius 3 is 2.65 bits per heavy atom. The van der Waals surface area contributed by atoms with Gasteiger partial charge in [-0.1, -0.05) is 13.0 Å². The van der Waals surface area contributed by atoms with Gasteiger partial charge < -0.3 is 9.64 Å². The number of nitriles is 1. The van der Waals surface area contributed by atoms with Crippen LogP contribution in [0.1, 0.15) is 24.5 Å². The maximum absolute atomic E-state index is 9.23. The number of nitrogens with zero attached hydrogens (tertiary/aromatic N) is 3. The molecule has 1 heterocycles. The van der Waals surface area contributed by atoms with Gasteiger partial charge in [0.15, 0.2) is 0 Å². The molecule has 2 rings (SSSR count). The van der Waals surface area contributed by atoms with E-state index in [1.165, 1.54) is 5.56 Å². The zero-order chi connectivity index (χ0) is 14.4. The molecule has 108 valence electrons. The SMILES string of the molecule is CCCOc1ccc(CN2CCN(C)CC2)cc1C#N. The molecular weight excluding hydrogens is 250 g/mol. The van der Waals surface area contributed by atoms with Crippen LogP contribution in [0.3, 0.4) is 0 Å². The zero-order valence-electron chi connectivity index (χ0n) is 12.4. The van der Waals surface area contributed by atoms with Crippen LogP contribution in [0.2, 0.25) is 0 Å². The lowest BCUT2D eigenvalue weighted by Crippen LogP contribution is -2.43. The van der Waals surface area contributed by atoms with Gasteiger partial charge in [-0.25, -0.2) is 0 Å². The molecule has 0 aromatic heterocycles. The van der Waals surface area contributed by atoms with Gasteiger partial charge in [0, 0.05) is 32.7 Å². The Hall–Kier alpha value is -1.57. The Labute approximate surface area is 121 Å². The lowest BCUT2D eigenvalue weighted by Gasteiger charge is -2.32. The summed E-state index contributed by atoms with van der Waals surface area (Å²) >= 11 is 0. The highest BCUT2D eigenvalue weighted by atomic mass is 16.5. The van der Waals surface area contributed by atoms with E-state index < -0.39 is 0 Å². The van der Waals surface area contributed by atoms with E-state index in [1.54, 1.807) is 0 Å². The molecule has 1 aromatic rings. The van der Waals surface area contributed by atoms with Gasteiger partial charge in [0.25, 0.3) is 0 Å². The molecule has 0 atom stereocenters. The lowest BCUT2D eigenvalue weighted by atomic mass is 10.1. The predicted octanol–water partition coefficient (Wildman–Crippen LogP) is 2.09. The first-order valence-corrected chi connectivity index (χ1v) is 7.29. The summed E-state index contributed by atoms with van der Waals surface area (Å²) in [6.45, 7) is 8.04. The molecule has 0 N–H and O–H groups in total. The average Bonchev–Trinajstić information content (AvgIpc) is 2.48. The lowest BCUT2D eigenvalue weighted by molar-refractivity contribution is 0.148. The van der Waals surface area contributed by atoms with Gasteiger partial charge in [-0.15, -0.1) is 0 Å². The number of rotatable bonds is 5. The van der Waals surface area contributed by atoms with Crippen LogP contribution in [0.25, 0.3) is 0 Å². The van der Waals surface area contributed by atoms with Crippen LogP contribution in [0.5, 0.6) is 5.75 Å². The molecule has 20 heavy (non-hydrogen) atoms. The van der Waals surface area contributed by atoms with E-state index in [4.69, 9.17) is 4.74 Å². The van der Waals surface area contributed by atoms with E-state index in [0.717, 1.165) is 39.1 Å². The standard InChI is InChI=1S/C16H23N3O/c1-3-10-20-16-5-4-14(11-15(16)12-17)13-19-8-6-18(2)7-9-19/h4-5,11H,3,6-10,13H2,1-2H3. The topological polar surface area (TPSA) is 39.5 Å². The van der Waals surface area contributed by atoms with Crippen LogP contribution in [-0.4, -0.2) is 49.6 Å². The monoisotopic (exact) mass is 273 g/mol. The van der Waals surface area contributed by atoms with Crippen LogP contribution >= 0.6 is 0 Å². The number of hydrogen-bond acceptors (Lipinski definition) is 4. The number of likely N-dealkylation sites (N-methyl/N-ethyl adjacent to an activating group) is 1. The second kappa shape index (κ2) is 7.28. The van der Waals surface area contributed by atoms with Crippen molar-refractivity contribution in [3.05, 3.63) is 29.3 Å². The Kier molecular flexibility index (Phi) is 5.40. The largest absolute Gasteiger partial charge is 0.492 e. The number of ether oxygens (including phenoxy) is 1. The summed E-state index contributed by atoms with van der Waals surface area (Å²) in [5.74, 6) is 0.705. The predicted molar refractivity (Wildman–Crippen MR) is 79.7 cm³/mol. The summed E-state index contributed by atoms with van der Waals surface area (Å²) in [6, 6.07) is 8.20. The smallest absolute Gasteiger partial charge is 0.137 e. The summed E-state index contributed by atoms with van der Waals surface area (Å²) in [5, 5.41) is 9.23. The van der Waals surface area contributed by atoms with Gasteiger partial charge >= 0.3 is 0 Å². The molecule has 4 nitrogen and oxygen atoms in total. The van der Waals surface area contributed by atoms with Crippen LogP contribution in [0.15, 0.2) is 18.2 Å². The van der Waals surface area contributed by atoms with Crippen LogP contribution < -0.4 is 4.74 Å². The van der Waals surface area contributed by atoms with E-state index in [1.807, 2.05) is 12.1 Å². The molecule has 1 fully saturated rings. The molecular formula is C16H23N3O. The van der Waals surface area contributed by atoms with E-state index in [0.29, 0.717) is 17.9 Å². The maximum Gasteiger partial charge on any atom is 0.137 e. The number of hydrogen-bond donors (Lipinski definition) is 0. The highest BCUT2D eigenvalue weighted by Gasteiger charge is 2.14. The third kappa shape index (κ3) is 3.96. The Bertz CT molecular complexity index is 473. The molecule has 0 unspecified atom stereocenters. The van der Waals surface area contributed by atoms with Crippen molar-refractivity contribution in [3.8, 4) is 11.8 Å². The molecule has 0 spiro atoms. The second-order valence-electron chi connectivity index (χ2n) is 5.37. The molecule has 1 aromatic carbocycles. The molecule has 1 saturated heterocycles. The van der Waals surface area contributed by atoms with Crippen molar-refractivity contribution < 1.29 is 4.74 Å². The van der Waals surface area contributed by atoms with E-state index in [-0.39, 0.29) is 0 Å². The first kappa shape index (κ1) is 14.8. The molecule has 0 saturated carbocycles. The first-order chi connectivity index (χ1) is 9.72. The fraction of sp³-hybridized carbons (Fsp3) is 0.562. The zero-order valence-corrected chi connectivity index (χ0v) is 12.4. The van der Waals surface area contributed by atoms with E-state index in [2.05, 4.69) is 35.9 Å². The van der Waals surface area contributed by atoms with Crippen LogP contribution in [-0.2, 0) is 6.54 Å². The van der Waals surface area contributed by atoms with Crippen molar-refractivity contribution in [1.29, 1.82) is 5.26 Å². The van der Waals surface area contributed by atoms with Crippen LogP contribution in [0.4, 0.5) is 0 Å². The number of piperazine rings is 1.